The molecule has 4 rings (SSSR count). The summed E-state index contributed by atoms with van der Waals surface area (Å²) in [7, 11) is -9.00. The minimum atomic E-state index is -4.50. The molecule has 0 amide bonds. The zero-order valence-corrected chi connectivity index (χ0v) is 47.4. The van der Waals surface area contributed by atoms with Gasteiger partial charge in [-0.25, -0.2) is 16.8 Å². The topological polar surface area (TPSA) is 114 Å². The van der Waals surface area contributed by atoms with Gasteiger partial charge in [0.2, 0.25) is 0 Å². The van der Waals surface area contributed by atoms with Crippen LogP contribution in [-0.4, -0.2) is 74.8 Å². The predicted octanol–water partition coefficient (Wildman–Crippen LogP) is 16.3. The zero-order valence-electron chi connectivity index (χ0n) is 41.4. The normalized spacial score (nSPS) is 11.8. The monoisotopic (exact) mass is 1060 g/mol. The molecule has 0 unspecified atom stereocenters. The van der Waals surface area contributed by atoms with Gasteiger partial charge in [0.15, 0.2) is 0 Å². The van der Waals surface area contributed by atoms with Gasteiger partial charge >= 0.3 is 48.9 Å². The van der Waals surface area contributed by atoms with Crippen LogP contribution in [-0.2, 0) is 45.9 Å². The summed E-state index contributed by atoms with van der Waals surface area (Å²) >= 11 is 0. The minimum absolute atomic E-state index is 0. The fourth-order valence-electron chi connectivity index (χ4n) is 9.37. The molecule has 0 spiro atoms. The molecule has 0 aromatic heterocycles. The number of rotatable bonds is 34. The van der Waals surface area contributed by atoms with Crippen LogP contribution in [0.1, 0.15) is 230 Å². The van der Waals surface area contributed by atoms with Crippen molar-refractivity contribution < 1.29 is 25.9 Å². The van der Waals surface area contributed by atoms with Crippen LogP contribution in [0.3, 0.4) is 0 Å². The molecule has 0 atom stereocenters. The van der Waals surface area contributed by atoms with Crippen molar-refractivity contribution in [1.82, 2.24) is 0 Å². The van der Waals surface area contributed by atoms with Gasteiger partial charge < -0.3 is 9.11 Å². The van der Waals surface area contributed by atoms with Crippen molar-refractivity contribution in [3.05, 3.63) is 82.9 Å². The largest absolute Gasteiger partial charge is 2.00 e. The van der Waals surface area contributed by atoms with Crippen molar-refractivity contribution >= 4 is 90.7 Å². The quantitative estimate of drug-likeness (QED) is 0.0261. The Bertz CT molecular complexity index is 1960. The number of hydrogen-bond donors (Lipinski definition) is 0. The molecule has 0 N–H and O–H groups in total. The average Bonchev–Trinajstić information content (AvgIpc) is 3.27. The third kappa shape index (κ3) is 22.8. The average molecular weight is 1060 g/mol. The molecule has 360 valence electrons. The summed E-state index contributed by atoms with van der Waals surface area (Å²) in [5.41, 5.74) is 4.35. The van der Waals surface area contributed by atoms with E-state index in [0.717, 1.165) is 86.1 Å². The molecule has 0 radical (unpaired) electrons. The van der Waals surface area contributed by atoms with Gasteiger partial charge in [-0.05, 0) is 96.5 Å². The SMILES string of the molecule is CCCCCCCCCc1ccc(CCCCCCCCC)c2c(S(=O)(=O)[O-])cccc12.CCCCCCCCCc1ccc(CCCCCCCCC)c2c(S(=O)(=O)[O-])cccc12.[Ba+2]. The van der Waals surface area contributed by atoms with E-state index in [1.165, 1.54) is 165 Å². The first-order valence-corrected chi connectivity index (χ1v) is 28.8. The first-order valence-electron chi connectivity index (χ1n) is 26.0. The van der Waals surface area contributed by atoms with Crippen molar-refractivity contribution in [2.24, 2.45) is 0 Å². The molecule has 4 aromatic rings. The third-order valence-electron chi connectivity index (χ3n) is 13.1. The Morgan fingerprint density at radius 2 is 0.554 bits per heavy atom. The zero-order chi connectivity index (χ0) is 46.5. The molecule has 0 aliphatic heterocycles. The molecule has 9 heteroatoms. The first-order chi connectivity index (χ1) is 31.0. The van der Waals surface area contributed by atoms with Crippen molar-refractivity contribution in [2.75, 3.05) is 0 Å². The summed E-state index contributed by atoms with van der Waals surface area (Å²) in [6, 6.07) is 18.9. The van der Waals surface area contributed by atoms with E-state index in [0.29, 0.717) is 10.8 Å². The van der Waals surface area contributed by atoms with Gasteiger partial charge in [-0.3, -0.25) is 0 Å². The van der Waals surface area contributed by atoms with E-state index in [2.05, 4.69) is 52.0 Å². The van der Waals surface area contributed by atoms with E-state index < -0.39 is 20.2 Å². The second-order valence-corrected chi connectivity index (χ2v) is 21.2. The Labute approximate surface area is 438 Å². The van der Waals surface area contributed by atoms with Crippen LogP contribution in [0, 0.1) is 0 Å². The van der Waals surface area contributed by atoms with Gasteiger partial charge in [0.25, 0.3) is 0 Å². The Balaban J connectivity index is 0.000000440. The summed E-state index contributed by atoms with van der Waals surface area (Å²) in [5.74, 6) is 0. The predicted molar refractivity (Wildman–Crippen MR) is 276 cm³/mol. The van der Waals surface area contributed by atoms with Crippen LogP contribution >= 0.6 is 0 Å². The molecule has 0 aliphatic carbocycles. The number of hydrogen-bond acceptors (Lipinski definition) is 6. The van der Waals surface area contributed by atoms with Crippen LogP contribution in [0.5, 0.6) is 0 Å². The van der Waals surface area contributed by atoms with Gasteiger partial charge in [-0.15, -0.1) is 0 Å². The molecule has 0 saturated carbocycles. The summed E-state index contributed by atoms with van der Waals surface area (Å²) in [6.45, 7) is 8.92. The maximum atomic E-state index is 12.0. The van der Waals surface area contributed by atoms with Crippen molar-refractivity contribution in [3.8, 4) is 0 Å². The Kier molecular flexibility index (Phi) is 32.2. The van der Waals surface area contributed by atoms with E-state index in [1.54, 1.807) is 12.1 Å². The molecule has 0 fully saturated rings. The van der Waals surface area contributed by atoms with E-state index in [1.807, 2.05) is 12.1 Å². The Morgan fingerprint density at radius 1 is 0.323 bits per heavy atom. The van der Waals surface area contributed by atoms with Gasteiger partial charge in [0.1, 0.15) is 20.2 Å². The molecular formula is C56H86BaO6S2. The number of fused-ring (bicyclic) bond motifs is 2. The van der Waals surface area contributed by atoms with Crippen LogP contribution < -0.4 is 0 Å². The van der Waals surface area contributed by atoms with Crippen molar-refractivity contribution in [2.45, 2.75) is 243 Å². The number of benzene rings is 4. The number of aryl methyl sites for hydroxylation is 4. The second kappa shape index (κ2) is 35.0. The van der Waals surface area contributed by atoms with Gasteiger partial charge in [-0.2, -0.15) is 0 Å². The summed E-state index contributed by atoms with van der Waals surface area (Å²) < 4.78 is 72.1. The van der Waals surface area contributed by atoms with E-state index in [4.69, 9.17) is 0 Å². The fourth-order valence-corrected chi connectivity index (χ4v) is 10.8. The van der Waals surface area contributed by atoms with Crippen LogP contribution in [0.25, 0.3) is 21.5 Å². The molecular weight excluding hydrogens is 970 g/mol. The molecule has 65 heavy (non-hydrogen) atoms. The Hall–Kier alpha value is -1.21. The maximum Gasteiger partial charge on any atom is 2.00 e. The van der Waals surface area contributed by atoms with Crippen molar-refractivity contribution in [1.29, 1.82) is 0 Å². The molecule has 0 bridgehead atoms. The van der Waals surface area contributed by atoms with Crippen LogP contribution in [0.4, 0.5) is 0 Å². The fraction of sp³-hybridized carbons (Fsp3) is 0.643. The standard InChI is InChI=1S/2C28H44O3S.Ba/c2*1-3-5-7-9-11-13-15-18-24-22-23-25(19-16-14-12-10-8-6-4-2)28-26(24)20-17-21-27(28)32(29,30)31;/h2*17,20-23H,3-16,18-19H2,1-2H3,(H,29,30,31);/q;;+2/p-2. The molecule has 0 aliphatic rings. The van der Waals surface area contributed by atoms with Gasteiger partial charge in [0, 0.05) is 10.8 Å². The number of unbranched alkanes of at least 4 members (excludes halogenated alkanes) is 24. The second-order valence-electron chi connectivity index (χ2n) is 18.5. The molecule has 0 heterocycles. The smallest absolute Gasteiger partial charge is 0.744 e. The van der Waals surface area contributed by atoms with Crippen molar-refractivity contribution in [3.63, 3.8) is 0 Å². The van der Waals surface area contributed by atoms with E-state index in [9.17, 15) is 25.9 Å². The maximum absolute atomic E-state index is 12.0. The molecule has 6 nitrogen and oxygen atoms in total. The summed E-state index contributed by atoms with van der Waals surface area (Å²) in [5, 5.41) is 3.25. The third-order valence-corrected chi connectivity index (χ3v) is 14.9. The Morgan fingerprint density at radius 3 is 0.815 bits per heavy atom. The first kappa shape index (κ1) is 59.9. The van der Waals surface area contributed by atoms with E-state index >= 15 is 0 Å². The van der Waals surface area contributed by atoms with Gasteiger partial charge in [0.05, 0.1) is 9.79 Å². The molecule has 4 aromatic carbocycles. The summed E-state index contributed by atoms with van der Waals surface area (Å²) in [6.07, 6.45) is 38.1. The van der Waals surface area contributed by atoms with Gasteiger partial charge in [-0.1, -0.05) is 230 Å². The minimum Gasteiger partial charge on any atom is -0.744 e. The van der Waals surface area contributed by atoms with Crippen LogP contribution in [0.2, 0.25) is 0 Å². The summed E-state index contributed by atoms with van der Waals surface area (Å²) in [4.78, 5) is -0.0938. The van der Waals surface area contributed by atoms with Crippen LogP contribution in [0.15, 0.2) is 70.5 Å². The van der Waals surface area contributed by atoms with E-state index in [-0.39, 0.29) is 58.7 Å². The molecule has 0 saturated heterocycles.